The number of anilines is 1. The minimum Gasteiger partial charge on any atom is -0.351 e. The molecule has 1 saturated carbocycles. The van der Waals surface area contributed by atoms with Crippen molar-refractivity contribution in [2.24, 2.45) is 5.92 Å². The fourth-order valence-corrected chi connectivity index (χ4v) is 4.82. The molecular formula is C21H22ClN3O4S. The maximum atomic E-state index is 12.7. The van der Waals surface area contributed by atoms with Crippen LogP contribution in [0.1, 0.15) is 24.8 Å². The number of carbonyl (C=O) groups excluding carboxylic acids is 2. The van der Waals surface area contributed by atoms with Crippen molar-refractivity contribution in [1.29, 1.82) is 0 Å². The first-order valence-electron chi connectivity index (χ1n) is 9.79. The molecule has 1 aliphatic carbocycles. The van der Waals surface area contributed by atoms with Crippen molar-refractivity contribution in [2.45, 2.75) is 36.7 Å². The van der Waals surface area contributed by atoms with Gasteiger partial charge in [-0.1, -0.05) is 23.7 Å². The zero-order valence-electron chi connectivity index (χ0n) is 16.2. The van der Waals surface area contributed by atoms with Crippen molar-refractivity contribution >= 4 is 39.1 Å². The minimum atomic E-state index is -3.50. The number of amides is 2. The molecule has 2 aliphatic rings. The van der Waals surface area contributed by atoms with Gasteiger partial charge in [-0.3, -0.25) is 9.59 Å². The molecule has 2 amide bonds. The summed E-state index contributed by atoms with van der Waals surface area (Å²) in [6.07, 6.45) is 2.19. The molecule has 2 aromatic carbocycles. The Morgan fingerprint density at radius 1 is 1.03 bits per heavy atom. The highest BCUT2D eigenvalue weighted by Crippen LogP contribution is 2.27. The SMILES string of the molecule is O=C(NCc1ccc(S(=O)(=O)NC2CC2)cc1)C1CCN(c2ccc(Cl)cc2)C1=O. The lowest BCUT2D eigenvalue weighted by molar-refractivity contribution is -0.132. The summed E-state index contributed by atoms with van der Waals surface area (Å²) in [4.78, 5) is 27.0. The standard InChI is InChI=1S/C21H22ClN3O4S/c22-15-3-7-17(8-4-15)25-12-11-19(21(25)27)20(26)23-13-14-1-9-18(10-2-14)30(28,29)24-16-5-6-16/h1-4,7-10,16,19,24H,5-6,11-13H2,(H,23,26). The molecule has 1 unspecified atom stereocenters. The number of benzene rings is 2. The molecule has 2 N–H and O–H groups in total. The molecule has 9 heteroatoms. The average Bonchev–Trinajstić information content (AvgIpc) is 3.45. The number of hydrogen-bond acceptors (Lipinski definition) is 4. The average molecular weight is 448 g/mol. The molecule has 158 valence electrons. The van der Waals surface area contributed by atoms with Gasteiger partial charge in [0.25, 0.3) is 0 Å². The monoisotopic (exact) mass is 447 g/mol. The maximum Gasteiger partial charge on any atom is 0.240 e. The van der Waals surface area contributed by atoms with Gasteiger partial charge >= 0.3 is 0 Å². The Bertz CT molecular complexity index is 1050. The molecular weight excluding hydrogens is 426 g/mol. The lowest BCUT2D eigenvalue weighted by Gasteiger charge is -2.17. The van der Waals surface area contributed by atoms with Crippen LogP contribution in [0.5, 0.6) is 0 Å². The summed E-state index contributed by atoms with van der Waals surface area (Å²) in [6, 6.07) is 13.4. The third kappa shape index (κ3) is 4.66. The Morgan fingerprint density at radius 3 is 2.33 bits per heavy atom. The van der Waals surface area contributed by atoms with Gasteiger partial charge in [-0.05, 0) is 61.2 Å². The van der Waals surface area contributed by atoms with Crippen molar-refractivity contribution in [1.82, 2.24) is 10.0 Å². The lowest BCUT2D eigenvalue weighted by atomic mass is 10.1. The van der Waals surface area contributed by atoms with Gasteiger partial charge in [0.2, 0.25) is 21.8 Å². The molecule has 1 atom stereocenters. The molecule has 2 fully saturated rings. The fraction of sp³-hybridized carbons (Fsp3) is 0.333. The number of halogens is 1. The maximum absolute atomic E-state index is 12.7. The van der Waals surface area contributed by atoms with E-state index in [9.17, 15) is 18.0 Å². The van der Waals surface area contributed by atoms with E-state index in [1.54, 1.807) is 41.3 Å². The second kappa shape index (κ2) is 8.37. The van der Waals surface area contributed by atoms with Gasteiger partial charge in [0, 0.05) is 29.8 Å². The smallest absolute Gasteiger partial charge is 0.240 e. The van der Waals surface area contributed by atoms with E-state index in [-0.39, 0.29) is 29.3 Å². The summed E-state index contributed by atoms with van der Waals surface area (Å²) < 4.78 is 27.0. The van der Waals surface area contributed by atoms with Crippen LogP contribution in [0.15, 0.2) is 53.4 Å². The van der Waals surface area contributed by atoms with Gasteiger partial charge in [-0.2, -0.15) is 0 Å². The van der Waals surface area contributed by atoms with Crippen LogP contribution in [0.2, 0.25) is 5.02 Å². The van der Waals surface area contributed by atoms with E-state index < -0.39 is 15.9 Å². The van der Waals surface area contributed by atoms with E-state index in [1.165, 1.54) is 12.1 Å². The van der Waals surface area contributed by atoms with Gasteiger partial charge in [-0.25, -0.2) is 13.1 Å². The summed E-state index contributed by atoms with van der Waals surface area (Å²) in [5.41, 5.74) is 1.48. The van der Waals surface area contributed by atoms with E-state index in [2.05, 4.69) is 10.0 Å². The highest BCUT2D eigenvalue weighted by molar-refractivity contribution is 7.89. The second-order valence-corrected chi connectivity index (χ2v) is 9.72. The molecule has 0 bridgehead atoms. The normalized spacial score (nSPS) is 19.2. The van der Waals surface area contributed by atoms with Crippen LogP contribution in [0.3, 0.4) is 0 Å². The molecule has 1 heterocycles. The quantitative estimate of drug-likeness (QED) is 0.637. The predicted octanol–water partition coefficient (Wildman–Crippen LogP) is 2.45. The minimum absolute atomic E-state index is 0.0466. The van der Waals surface area contributed by atoms with E-state index in [0.717, 1.165) is 24.1 Å². The highest BCUT2D eigenvalue weighted by atomic mass is 35.5. The molecule has 4 rings (SSSR count). The number of nitrogens with zero attached hydrogens (tertiary/aromatic N) is 1. The molecule has 1 saturated heterocycles. The third-order valence-corrected chi connectivity index (χ3v) is 7.05. The first kappa shape index (κ1) is 20.8. The van der Waals surface area contributed by atoms with Gasteiger partial charge in [0.05, 0.1) is 4.90 Å². The molecule has 0 aromatic heterocycles. The van der Waals surface area contributed by atoms with Gasteiger partial charge < -0.3 is 10.2 Å². The summed E-state index contributed by atoms with van der Waals surface area (Å²) in [7, 11) is -3.50. The Hall–Kier alpha value is -2.42. The molecule has 0 radical (unpaired) electrons. The highest BCUT2D eigenvalue weighted by Gasteiger charge is 2.37. The number of hydrogen-bond donors (Lipinski definition) is 2. The number of sulfonamides is 1. The number of nitrogens with one attached hydrogen (secondary N) is 2. The van der Waals surface area contributed by atoms with E-state index in [1.807, 2.05) is 0 Å². The van der Waals surface area contributed by atoms with Gasteiger partial charge in [0.1, 0.15) is 5.92 Å². The number of rotatable bonds is 7. The Balaban J connectivity index is 1.33. The topological polar surface area (TPSA) is 95.6 Å². The van der Waals surface area contributed by atoms with Gasteiger partial charge in [-0.15, -0.1) is 0 Å². The van der Waals surface area contributed by atoms with Crippen LogP contribution in [0.25, 0.3) is 0 Å². The molecule has 0 spiro atoms. The van der Waals surface area contributed by atoms with E-state index >= 15 is 0 Å². The van der Waals surface area contributed by atoms with Crippen LogP contribution in [0, 0.1) is 5.92 Å². The predicted molar refractivity (Wildman–Crippen MR) is 114 cm³/mol. The fourth-order valence-electron chi connectivity index (χ4n) is 3.39. The summed E-state index contributed by atoms with van der Waals surface area (Å²) in [5.74, 6) is -1.30. The van der Waals surface area contributed by atoms with Crippen molar-refractivity contribution in [3.05, 3.63) is 59.1 Å². The summed E-state index contributed by atoms with van der Waals surface area (Å²) >= 11 is 5.89. The zero-order valence-corrected chi connectivity index (χ0v) is 17.7. The van der Waals surface area contributed by atoms with E-state index in [4.69, 9.17) is 11.6 Å². The summed E-state index contributed by atoms with van der Waals surface area (Å²) in [5, 5.41) is 3.37. The van der Waals surface area contributed by atoms with Crippen molar-refractivity contribution in [3.8, 4) is 0 Å². The second-order valence-electron chi connectivity index (χ2n) is 7.56. The van der Waals surface area contributed by atoms with Crippen LogP contribution in [0.4, 0.5) is 5.69 Å². The first-order valence-corrected chi connectivity index (χ1v) is 11.7. The third-order valence-electron chi connectivity index (χ3n) is 5.26. The zero-order chi connectivity index (χ0) is 21.3. The van der Waals surface area contributed by atoms with Gasteiger partial charge in [0.15, 0.2) is 0 Å². The first-order chi connectivity index (χ1) is 14.3. The Labute approximate surface area is 180 Å². The molecule has 7 nitrogen and oxygen atoms in total. The lowest BCUT2D eigenvalue weighted by Crippen LogP contribution is -2.36. The van der Waals surface area contributed by atoms with Crippen molar-refractivity contribution in [2.75, 3.05) is 11.4 Å². The van der Waals surface area contributed by atoms with Crippen LogP contribution < -0.4 is 14.9 Å². The van der Waals surface area contributed by atoms with Crippen LogP contribution >= 0.6 is 11.6 Å². The Kier molecular flexibility index (Phi) is 5.81. The van der Waals surface area contributed by atoms with E-state index in [0.29, 0.717) is 18.0 Å². The molecule has 2 aromatic rings. The number of carbonyl (C=O) groups is 2. The van der Waals surface area contributed by atoms with Crippen molar-refractivity contribution < 1.29 is 18.0 Å². The van der Waals surface area contributed by atoms with Crippen LogP contribution in [-0.2, 0) is 26.2 Å². The summed E-state index contributed by atoms with van der Waals surface area (Å²) in [6.45, 7) is 0.693. The Morgan fingerprint density at radius 2 is 1.70 bits per heavy atom. The largest absolute Gasteiger partial charge is 0.351 e. The molecule has 1 aliphatic heterocycles. The molecule has 30 heavy (non-hydrogen) atoms. The van der Waals surface area contributed by atoms with Crippen molar-refractivity contribution in [3.63, 3.8) is 0 Å². The van der Waals surface area contributed by atoms with Crippen LogP contribution in [-0.4, -0.2) is 32.8 Å².